The highest BCUT2D eigenvalue weighted by Crippen LogP contribution is 2.09. The molecule has 0 aromatic carbocycles. The zero-order chi connectivity index (χ0) is 9.26. The SMILES string of the molecule is Cc1nc(Cc2n[nH]c(=O)[nH]2)cs1. The molecule has 0 amide bonds. The number of thiazole rings is 1. The molecule has 0 aliphatic carbocycles. The number of aromatic amines is 2. The van der Waals surface area contributed by atoms with Gasteiger partial charge in [-0.1, -0.05) is 0 Å². The summed E-state index contributed by atoms with van der Waals surface area (Å²) in [6, 6.07) is 0. The molecule has 0 unspecified atom stereocenters. The third kappa shape index (κ3) is 1.83. The van der Waals surface area contributed by atoms with Crippen molar-refractivity contribution in [3.8, 4) is 0 Å². The van der Waals surface area contributed by atoms with Gasteiger partial charge in [0.25, 0.3) is 0 Å². The molecule has 2 heterocycles. The monoisotopic (exact) mass is 196 g/mol. The first kappa shape index (κ1) is 8.18. The lowest BCUT2D eigenvalue weighted by Gasteiger charge is -1.88. The van der Waals surface area contributed by atoms with Gasteiger partial charge in [-0.3, -0.25) is 4.98 Å². The molecule has 0 saturated carbocycles. The highest BCUT2D eigenvalue weighted by atomic mass is 32.1. The second-order valence-electron chi connectivity index (χ2n) is 2.66. The van der Waals surface area contributed by atoms with Crippen molar-refractivity contribution in [3.63, 3.8) is 0 Å². The third-order valence-corrected chi connectivity index (χ3v) is 2.39. The lowest BCUT2D eigenvalue weighted by atomic mass is 10.3. The minimum Gasteiger partial charge on any atom is -0.293 e. The zero-order valence-corrected chi connectivity index (χ0v) is 7.81. The predicted molar refractivity (Wildman–Crippen MR) is 48.9 cm³/mol. The van der Waals surface area contributed by atoms with E-state index >= 15 is 0 Å². The van der Waals surface area contributed by atoms with Gasteiger partial charge in [-0.2, -0.15) is 5.10 Å². The number of aryl methyl sites for hydroxylation is 1. The molecular formula is C7H8N4OS. The molecule has 0 aliphatic heterocycles. The average molecular weight is 196 g/mol. The Morgan fingerprint density at radius 1 is 1.62 bits per heavy atom. The van der Waals surface area contributed by atoms with Gasteiger partial charge in [0, 0.05) is 5.38 Å². The molecule has 0 atom stereocenters. The van der Waals surface area contributed by atoms with E-state index in [0.29, 0.717) is 12.2 Å². The first-order valence-electron chi connectivity index (χ1n) is 3.78. The van der Waals surface area contributed by atoms with Gasteiger partial charge in [0.2, 0.25) is 0 Å². The van der Waals surface area contributed by atoms with Gasteiger partial charge in [0.15, 0.2) is 0 Å². The van der Waals surface area contributed by atoms with Crippen LogP contribution in [0.4, 0.5) is 0 Å². The Hall–Kier alpha value is -1.43. The van der Waals surface area contributed by atoms with Crippen LogP contribution in [0, 0.1) is 6.92 Å². The topological polar surface area (TPSA) is 74.4 Å². The predicted octanol–water partition coefficient (Wildman–Crippen LogP) is 0.454. The van der Waals surface area contributed by atoms with Crippen molar-refractivity contribution >= 4 is 11.3 Å². The van der Waals surface area contributed by atoms with Gasteiger partial charge in [-0.05, 0) is 6.92 Å². The van der Waals surface area contributed by atoms with Crippen molar-refractivity contribution in [1.29, 1.82) is 0 Å². The fourth-order valence-corrected chi connectivity index (χ4v) is 1.66. The van der Waals surface area contributed by atoms with Crippen LogP contribution in [0.2, 0.25) is 0 Å². The van der Waals surface area contributed by atoms with Gasteiger partial charge in [-0.25, -0.2) is 14.9 Å². The average Bonchev–Trinajstić information content (AvgIpc) is 2.62. The molecule has 2 aromatic heterocycles. The highest BCUT2D eigenvalue weighted by molar-refractivity contribution is 7.09. The summed E-state index contributed by atoms with van der Waals surface area (Å²) in [5.74, 6) is 0.621. The Kier molecular flexibility index (Phi) is 1.97. The standard InChI is InChI=1S/C7H8N4OS/c1-4-8-5(3-13-4)2-6-9-7(12)11-10-6/h3H,2H2,1H3,(H2,9,10,11,12). The van der Waals surface area contributed by atoms with E-state index in [-0.39, 0.29) is 5.69 Å². The van der Waals surface area contributed by atoms with Crippen LogP contribution in [-0.2, 0) is 6.42 Å². The van der Waals surface area contributed by atoms with Gasteiger partial charge >= 0.3 is 5.69 Å². The summed E-state index contributed by atoms with van der Waals surface area (Å²) in [4.78, 5) is 17.5. The molecule has 68 valence electrons. The van der Waals surface area contributed by atoms with E-state index in [1.54, 1.807) is 11.3 Å². The second kappa shape index (κ2) is 3.14. The minimum absolute atomic E-state index is 0.276. The van der Waals surface area contributed by atoms with E-state index in [9.17, 15) is 4.79 Å². The van der Waals surface area contributed by atoms with Crippen LogP contribution in [0.25, 0.3) is 0 Å². The summed E-state index contributed by atoms with van der Waals surface area (Å²) >= 11 is 1.59. The van der Waals surface area contributed by atoms with E-state index in [0.717, 1.165) is 10.7 Å². The molecule has 0 saturated heterocycles. The van der Waals surface area contributed by atoms with E-state index in [1.807, 2.05) is 12.3 Å². The Labute approximate surface area is 77.9 Å². The largest absolute Gasteiger partial charge is 0.340 e. The lowest BCUT2D eigenvalue weighted by Crippen LogP contribution is -2.01. The number of hydrogen-bond acceptors (Lipinski definition) is 4. The molecule has 0 radical (unpaired) electrons. The summed E-state index contributed by atoms with van der Waals surface area (Å²) in [5, 5.41) is 9.08. The molecule has 13 heavy (non-hydrogen) atoms. The molecule has 6 heteroatoms. The molecular weight excluding hydrogens is 188 g/mol. The third-order valence-electron chi connectivity index (χ3n) is 1.57. The summed E-state index contributed by atoms with van der Waals surface area (Å²) in [5.41, 5.74) is 0.659. The first-order valence-corrected chi connectivity index (χ1v) is 4.66. The molecule has 0 aliphatic rings. The fourth-order valence-electron chi connectivity index (χ4n) is 1.05. The van der Waals surface area contributed by atoms with Crippen molar-refractivity contribution < 1.29 is 0 Å². The number of H-pyrrole nitrogens is 2. The summed E-state index contributed by atoms with van der Waals surface area (Å²) < 4.78 is 0. The van der Waals surface area contributed by atoms with Crippen LogP contribution in [0.3, 0.4) is 0 Å². The maximum absolute atomic E-state index is 10.7. The van der Waals surface area contributed by atoms with Crippen molar-refractivity contribution in [1.82, 2.24) is 20.2 Å². The normalized spacial score (nSPS) is 10.5. The van der Waals surface area contributed by atoms with Crippen LogP contribution in [-0.4, -0.2) is 20.2 Å². The van der Waals surface area contributed by atoms with Crippen LogP contribution >= 0.6 is 11.3 Å². The molecule has 2 rings (SSSR count). The maximum atomic E-state index is 10.7. The van der Waals surface area contributed by atoms with Crippen molar-refractivity contribution in [2.75, 3.05) is 0 Å². The molecule has 2 aromatic rings. The lowest BCUT2D eigenvalue weighted by molar-refractivity contribution is 0.945. The Balaban J connectivity index is 2.19. The van der Waals surface area contributed by atoms with E-state index in [2.05, 4.69) is 20.2 Å². The van der Waals surface area contributed by atoms with Gasteiger partial charge in [-0.15, -0.1) is 11.3 Å². The molecule has 0 spiro atoms. The Bertz CT molecular complexity index is 455. The number of rotatable bonds is 2. The number of nitrogens with zero attached hydrogens (tertiary/aromatic N) is 2. The molecule has 0 fully saturated rings. The van der Waals surface area contributed by atoms with Crippen molar-refractivity contribution in [2.45, 2.75) is 13.3 Å². The van der Waals surface area contributed by atoms with E-state index in [4.69, 9.17) is 0 Å². The van der Waals surface area contributed by atoms with Crippen LogP contribution in [0.1, 0.15) is 16.5 Å². The van der Waals surface area contributed by atoms with E-state index < -0.39 is 0 Å². The maximum Gasteiger partial charge on any atom is 0.340 e. The molecule has 5 nitrogen and oxygen atoms in total. The Morgan fingerprint density at radius 2 is 2.46 bits per heavy atom. The van der Waals surface area contributed by atoms with Crippen molar-refractivity contribution in [2.24, 2.45) is 0 Å². The summed E-state index contributed by atoms with van der Waals surface area (Å²) in [7, 11) is 0. The number of aromatic nitrogens is 4. The van der Waals surface area contributed by atoms with Gasteiger partial charge < -0.3 is 0 Å². The van der Waals surface area contributed by atoms with Crippen LogP contribution < -0.4 is 5.69 Å². The molecule has 0 bridgehead atoms. The number of hydrogen-bond donors (Lipinski definition) is 2. The first-order chi connectivity index (χ1) is 6.24. The smallest absolute Gasteiger partial charge is 0.293 e. The summed E-state index contributed by atoms with van der Waals surface area (Å²) in [6.07, 6.45) is 0.572. The van der Waals surface area contributed by atoms with Crippen LogP contribution in [0.5, 0.6) is 0 Å². The van der Waals surface area contributed by atoms with Crippen molar-refractivity contribution in [3.05, 3.63) is 32.4 Å². The Morgan fingerprint density at radius 3 is 3.00 bits per heavy atom. The quantitative estimate of drug-likeness (QED) is 0.732. The number of nitrogens with one attached hydrogen (secondary N) is 2. The molecule has 2 N–H and O–H groups in total. The fraction of sp³-hybridized carbons (Fsp3) is 0.286. The summed E-state index contributed by atoms with van der Waals surface area (Å²) in [6.45, 7) is 1.95. The van der Waals surface area contributed by atoms with Crippen LogP contribution in [0.15, 0.2) is 10.2 Å². The second-order valence-corrected chi connectivity index (χ2v) is 3.72. The zero-order valence-electron chi connectivity index (χ0n) is 7.00. The minimum atomic E-state index is -0.276. The van der Waals surface area contributed by atoms with Gasteiger partial charge in [0.05, 0.1) is 17.1 Å². The van der Waals surface area contributed by atoms with E-state index in [1.165, 1.54) is 0 Å². The highest BCUT2D eigenvalue weighted by Gasteiger charge is 2.02. The van der Waals surface area contributed by atoms with Gasteiger partial charge in [0.1, 0.15) is 5.82 Å².